The molecule has 0 saturated heterocycles. The lowest BCUT2D eigenvalue weighted by Gasteiger charge is -2.27. The predicted molar refractivity (Wildman–Crippen MR) is 102 cm³/mol. The molecule has 0 bridgehead atoms. The number of aromatic amines is 1. The van der Waals surface area contributed by atoms with Crippen molar-refractivity contribution in [1.82, 2.24) is 14.9 Å². The van der Waals surface area contributed by atoms with E-state index in [-0.39, 0.29) is 5.56 Å². The second kappa shape index (κ2) is 6.90. The number of rotatable bonds is 3. The van der Waals surface area contributed by atoms with E-state index in [1.165, 1.54) is 11.8 Å². The van der Waals surface area contributed by atoms with Gasteiger partial charge in [0, 0.05) is 31.4 Å². The van der Waals surface area contributed by atoms with E-state index < -0.39 is 5.63 Å². The molecule has 134 valence electrons. The maximum absolute atomic E-state index is 12.4. The minimum Gasteiger partial charge on any atom is -0.422 e. The van der Waals surface area contributed by atoms with Crippen molar-refractivity contribution in [1.29, 1.82) is 0 Å². The van der Waals surface area contributed by atoms with Gasteiger partial charge in [0.1, 0.15) is 5.58 Å². The maximum atomic E-state index is 12.4. The lowest BCUT2D eigenvalue weighted by atomic mass is 10.1. The molecule has 8 heteroatoms. The normalized spacial score (nSPS) is 14.5. The van der Waals surface area contributed by atoms with E-state index in [1.54, 1.807) is 12.1 Å². The van der Waals surface area contributed by atoms with Gasteiger partial charge in [-0.1, -0.05) is 35.5 Å². The fraction of sp³-hybridized carbons (Fsp3) is 0.278. The highest BCUT2D eigenvalue weighted by atomic mass is 35.5. The van der Waals surface area contributed by atoms with Crippen molar-refractivity contribution in [2.24, 2.45) is 0 Å². The highest BCUT2D eigenvalue weighted by Crippen LogP contribution is 2.26. The number of para-hydroxylation sites is 1. The fourth-order valence-corrected chi connectivity index (χ4v) is 3.89. The predicted octanol–water partition coefficient (Wildman–Crippen LogP) is 2.81. The number of H-pyrrole nitrogens is 1. The molecular formula is C18H16ClN3O3S. The lowest BCUT2D eigenvalue weighted by molar-refractivity contribution is 0.238. The largest absolute Gasteiger partial charge is 0.422 e. The minimum absolute atomic E-state index is 0.124. The summed E-state index contributed by atoms with van der Waals surface area (Å²) in [4.78, 5) is 34.0. The summed E-state index contributed by atoms with van der Waals surface area (Å²) in [5.41, 5.74) is 1.80. The minimum atomic E-state index is -0.440. The van der Waals surface area contributed by atoms with Crippen molar-refractivity contribution < 1.29 is 4.42 Å². The average Bonchev–Trinajstić information content (AvgIpc) is 2.65. The summed E-state index contributed by atoms with van der Waals surface area (Å²) in [5, 5.41) is 1.75. The Morgan fingerprint density at radius 1 is 1.35 bits per heavy atom. The van der Waals surface area contributed by atoms with Crippen molar-refractivity contribution in [2.45, 2.75) is 24.7 Å². The maximum Gasteiger partial charge on any atom is 0.342 e. The summed E-state index contributed by atoms with van der Waals surface area (Å²) < 4.78 is 5.39. The molecule has 0 spiro atoms. The standard InChI is InChI=1S/C18H16ClN3O3S/c1-26-18-20-13-6-7-22(8-11(13)16(23)21-18)9-12-15(19)10-4-2-3-5-14(10)25-17(12)24/h2-5H,6-9H2,1H3,(H,20,21,23). The Balaban J connectivity index is 1.66. The molecule has 1 aromatic carbocycles. The Morgan fingerprint density at radius 2 is 2.15 bits per heavy atom. The van der Waals surface area contributed by atoms with Crippen LogP contribution in [0.5, 0.6) is 0 Å². The molecule has 0 fully saturated rings. The molecule has 26 heavy (non-hydrogen) atoms. The second-order valence-corrected chi connectivity index (χ2v) is 7.31. The van der Waals surface area contributed by atoms with Gasteiger partial charge in [0.25, 0.3) is 5.56 Å². The van der Waals surface area contributed by atoms with Crippen LogP contribution in [0, 0.1) is 0 Å². The Hall–Kier alpha value is -2.09. The molecule has 1 aliphatic rings. The molecule has 0 atom stereocenters. The van der Waals surface area contributed by atoms with Crippen LogP contribution in [0.3, 0.4) is 0 Å². The van der Waals surface area contributed by atoms with Crippen LogP contribution in [0.4, 0.5) is 0 Å². The Labute approximate surface area is 158 Å². The number of aromatic nitrogens is 2. The highest BCUT2D eigenvalue weighted by molar-refractivity contribution is 7.98. The summed E-state index contributed by atoms with van der Waals surface area (Å²) in [6.45, 7) is 1.45. The lowest BCUT2D eigenvalue weighted by Crippen LogP contribution is -2.36. The monoisotopic (exact) mass is 389 g/mol. The van der Waals surface area contributed by atoms with Crippen LogP contribution in [0.15, 0.2) is 43.4 Å². The molecule has 3 heterocycles. The highest BCUT2D eigenvalue weighted by Gasteiger charge is 2.23. The van der Waals surface area contributed by atoms with Gasteiger partial charge in [0.2, 0.25) is 0 Å². The summed E-state index contributed by atoms with van der Waals surface area (Å²) in [5.74, 6) is 0. The summed E-state index contributed by atoms with van der Waals surface area (Å²) in [6, 6.07) is 7.20. The van der Waals surface area contributed by atoms with Crippen molar-refractivity contribution >= 4 is 34.3 Å². The first-order valence-electron chi connectivity index (χ1n) is 8.15. The third-order valence-electron chi connectivity index (χ3n) is 4.54. The molecule has 3 aromatic rings. The topological polar surface area (TPSA) is 79.2 Å². The van der Waals surface area contributed by atoms with E-state index in [1.807, 2.05) is 23.3 Å². The van der Waals surface area contributed by atoms with Gasteiger partial charge in [-0.15, -0.1) is 0 Å². The van der Waals surface area contributed by atoms with Crippen LogP contribution in [-0.4, -0.2) is 27.7 Å². The number of fused-ring (bicyclic) bond motifs is 2. The Bertz CT molecular complexity index is 1110. The fourth-order valence-electron chi connectivity index (χ4n) is 3.20. The molecule has 2 aromatic heterocycles. The van der Waals surface area contributed by atoms with Crippen molar-refractivity contribution in [3.8, 4) is 0 Å². The van der Waals surface area contributed by atoms with Crippen molar-refractivity contribution in [2.75, 3.05) is 12.8 Å². The third kappa shape index (κ3) is 3.06. The van der Waals surface area contributed by atoms with E-state index in [4.69, 9.17) is 16.0 Å². The summed E-state index contributed by atoms with van der Waals surface area (Å²) in [6.07, 6.45) is 2.53. The Kier molecular flexibility index (Phi) is 4.60. The molecule has 1 aliphatic heterocycles. The van der Waals surface area contributed by atoms with E-state index >= 15 is 0 Å². The molecule has 4 rings (SSSR count). The van der Waals surface area contributed by atoms with Crippen LogP contribution in [0.2, 0.25) is 5.02 Å². The number of benzene rings is 1. The first kappa shape index (κ1) is 17.3. The van der Waals surface area contributed by atoms with Gasteiger partial charge in [0.05, 0.1) is 21.8 Å². The molecule has 0 aliphatic carbocycles. The number of halogens is 1. The van der Waals surface area contributed by atoms with Crippen LogP contribution < -0.4 is 11.2 Å². The smallest absolute Gasteiger partial charge is 0.342 e. The van der Waals surface area contributed by atoms with Gasteiger partial charge in [-0.3, -0.25) is 9.69 Å². The van der Waals surface area contributed by atoms with Gasteiger partial charge in [-0.05, 0) is 18.4 Å². The van der Waals surface area contributed by atoms with Gasteiger partial charge < -0.3 is 9.40 Å². The Morgan fingerprint density at radius 3 is 2.96 bits per heavy atom. The summed E-state index contributed by atoms with van der Waals surface area (Å²) >= 11 is 7.88. The van der Waals surface area contributed by atoms with E-state index in [0.29, 0.717) is 58.3 Å². The zero-order valence-electron chi connectivity index (χ0n) is 14.0. The third-order valence-corrected chi connectivity index (χ3v) is 5.55. The first-order chi connectivity index (χ1) is 12.6. The zero-order chi connectivity index (χ0) is 18.3. The van der Waals surface area contributed by atoms with Crippen LogP contribution >= 0.6 is 23.4 Å². The van der Waals surface area contributed by atoms with E-state index in [0.717, 1.165) is 5.69 Å². The van der Waals surface area contributed by atoms with Gasteiger partial charge in [-0.25, -0.2) is 9.78 Å². The summed E-state index contributed by atoms with van der Waals surface area (Å²) in [7, 11) is 0. The molecule has 1 N–H and O–H groups in total. The quantitative estimate of drug-likeness (QED) is 0.421. The number of hydrogen-bond acceptors (Lipinski definition) is 6. The molecule has 0 unspecified atom stereocenters. The van der Waals surface area contributed by atoms with Crippen molar-refractivity contribution in [3.05, 3.63) is 66.9 Å². The zero-order valence-corrected chi connectivity index (χ0v) is 15.6. The number of nitrogens with zero attached hydrogens (tertiary/aromatic N) is 2. The van der Waals surface area contributed by atoms with Crippen LogP contribution in [0.1, 0.15) is 16.8 Å². The number of nitrogens with one attached hydrogen (secondary N) is 1. The number of hydrogen-bond donors (Lipinski definition) is 1. The van der Waals surface area contributed by atoms with Crippen molar-refractivity contribution in [3.63, 3.8) is 0 Å². The first-order valence-corrected chi connectivity index (χ1v) is 9.75. The van der Waals surface area contributed by atoms with Crippen LogP contribution in [0.25, 0.3) is 11.0 Å². The van der Waals surface area contributed by atoms with Gasteiger partial charge in [-0.2, -0.15) is 0 Å². The second-order valence-electron chi connectivity index (χ2n) is 6.14. The van der Waals surface area contributed by atoms with Gasteiger partial charge >= 0.3 is 5.63 Å². The SMILES string of the molecule is CSc1nc2c(c(=O)[nH]1)CN(Cc1c(Cl)c3ccccc3oc1=O)CC2. The van der Waals surface area contributed by atoms with Gasteiger partial charge in [0.15, 0.2) is 5.16 Å². The van der Waals surface area contributed by atoms with E-state index in [2.05, 4.69) is 9.97 Å². The molecule has 0 saturated carbocycles. The molecular weight excluding hydrogens is 374 g/mol. The molecule has 0 amide bonds. The van der Waals surface area contributed by atoms with Crippen LogP contribution in [-0.2, 0) is 19.5 Å². The average molecular weight is 390 g/mol. The molecule has 6 nitrogen and oxygen atoms in total. The molecule has 0 radical (unpaired) electrons. The number of thioether (sulfide) groups is 1. The van der Waals surface area contributed by atoms with E-state index in [9.17, 15) is 9.59 Å².